The summed E-state index contributed by atoms with van der Waals surface area (Å²) in [7, 11) is 0. The average Bonchev–Trinajstić information content (AvgIpc) is 3.64. The Hall–Kier alpha value is -3.53. The van der Waals surface area contributed by atoms with Crippen molar-refractivity contribution in [1.29, 1.82) is 0 Å². The first-order valence-electron chi connectivity index (χ1n) is 12.7. The molecule has 1 aliphatic carbocycles. The molecular weight excluding hydrogens is 430 g/mol. The summed E-state index contributed by atoms with van der Waals surface area (Å²) in [6, 6.07) is 15.6. The summed E-state index contributed by atoms with van der Waals surface area (Å²) in [5, 5.41) is 2.50. The Labute approximate surface area is 207 Å². The van der Waals surface area contributed by atoms with Crippen LogP contribution in [-0.2, 0) is 11.3 Å². The van der Waals surface area contributed by atoms with Gasteiger partial charge in [0, 0.05) is 52.1 Å². The van der Waals surface area contributed by atoms with E-state index in [0.717, 1.165) is 30.4 Å². The summed E-state index contributed by atoms with van der Waals surface area (Å²) in [5.41, 5.74) is 15.4. The highest BCUT2D eigenvalue weighted by Gasteiger charge is 2.29. The molecule has 2 N–H and O–H groups in total. The fraction of sp³-hybridized carbons (Fsp3) is 0.323. The number of fused-ring (bicyclic) bond motifs is 3. The van der Waals surface area contributed by atoms with Crippen LogP contribution >= 0.6 is 0 Å². The molecule has 2 aliphatic rings. The number of nitrogens with zero attached hydrogens (tertiary/aromatic N) is 2. The van der Waals surface area contributed by atoms with Crippen molar-refractivity contribution in [3.8, 4) is 11.1 Å². The van der Waals surface area contributed by atoms with E-state index >= 15 is 0 Å². The second-order valence-electron chi connectivity index (χ2n) is 10.5. The lowest BCUT2D eigenvalue weighted by Crippen LogP contribution is -2.22. The summed E-state index contributed by atoms with van der Waals surface area (Å²) >= 11 is 0. The zero-order valence-corrected chi connectivity index (χ0v) is 20.8. The van der Waals surface area contributed by atoms with Crippen LogP contribution < -0.4 is 5.73 Å². The number of hydrogen-bond donors (Lipinski definition) is 1. The number of allylic oxidation sites excluding steroid dienone is 2. The van der Waals surface area contributed by atoms with Crippen molar-refractivity contribution in [2.24, 2.45) is 23.5 Å². The third-order valence-corrected chi connectivity index (χ3v) is 8.02. The number of aromatic nitrogens is 2. The second kappa shape index (κ2) is 8.30. The average molecular weight is 464 g/mol. The van der Waals surface area contributed by atoms with Gasteiger partial charge in [0.25, 0.3) is 0 Å². The zero-order chi connectivity index (χ0) is 24.3. The van der Waals surface area contributed by atoms with Crippen molar-refractivity contribution >= 4 is 33.1 Å². The lowest BCUT2D eigenvalue weighted by atomic mass is 9.82. The van der Waals surface area contributed by atoms with Gasteiger partial charge in [0.1, 0.15) is 0 Å². The summed E-state index contributed by atoms with van der Waals surface area (Å²) in [6.07, 6.45) is 6.29. The molecule has 1 saturated carbocycles. The molecule has 0 saturated heterocycles. The Kier molecular flexibility index (Phi) is 5.21. The minimum atomic E-state index is 0.415. The molecule has 2 aromatic carbocycles. The van der Waals surface area contributed by atoms with Gasteiger partial charge in [-0.05, 0) is 84.5 Å². The molecule has 2 aromatic heterocycles. The molecule has 1 fully saturated rings. The molecule has 3 heterocycles. The van der Waals surface area contributed by atoms with E-state index in [1.807, 2.05) is 12.4 Å². The Morgan fingerprint density at radius 2 is 1.80 bits per heavy atom. The highest BCUT2D eigenvalue weighted by atomic mass is 16.5. The molecule has 4 aromatic rings. The van der Waals surface area contributed by atoms with Gasteiger partial charge in [-0.3, -0.25) is 4.98 Å². The number of benzene rings is 2. The van der Waals surface area contributed by atoms with Crippen molar-refractivity contribution in [3.05, 3.63) is 78.3 Å². The molecule has 2 unspecified atom stereocenters. The molecule has 4 heteroatoms. The van der Waals surface area contributed by atoms with E-state index in [1.165, 1.54) is 56.9 Å². The smallest absolute Gasteiger partial charge is 0.0969 e. The molecule has 0 radical (unpaired) electrons. The number of pyridine rings is 1. The van der Waals surface area contributed by atoms with Crippen LogP contribution in [0.1, 0.15) is 44.7 Å². The largest absolute Gasteiger partial charge is 0.498 e. The van der Waals surface area contributed by atoms with Crippen molar-refractivity contribution in [2.45, 2.75) is 40.2 Å². The zero-order valence-electron chi connectivity index (χ0n) is 20.8. The van der Waals surface area contributed by atoms with Gasteiger partial charge in [-0.15, -0.1) is 0 Å². The van der Waals surface area contributed by atoms with Crippen molar-refractivity contribution in [1.82, 2.24) is 9.55 Å². The Balaban J connectivity index is 1.65. The maximum absolute atomic E-state index is 6.47. The maximum Gasteiger partial charge on any atom is 0.0969 e. The summed E-state index contributed by atoms with van der Waals surface area (Å²) in [4.78, 5) is 4.19. The first-order valence-corrected chi connectivity index (χ1v) is 12.7. The number of hydrogen-bond acceptors (Lipinski definition) is 3. The van der Waals surface area contributed by atoms with Crippen LogP contribution in [0.4, 0.5) is 0 Å². The standard InChI is InChI=1S/C31H33N3O/c1-18-17-35-21(4)30(19(18)2)25-13-27(20(3)32)31-28(14-25)26-8-7-24(23-9-11-33-12-10-23)15-29(26)34(31)16-22-5-6-22/h7-15,18-19,22H,3,5-6,16-17,32H2,1-2,4H3. The summed E-state index contributed by atoms with van der Waals surface area (Å²) in [6.45, 7) is 12.6. The lowest BCUT2D eigenvalue weighted by molar-refractivity contribution is 0.139. The van der Waals surface area contributed by atoms with Gasteiger partial charge in [-0.25, -0.2) is 0 Å². The number of nitrogens with two attached hydrogens (primary N) is 1. The number of rotatable bonds is 5. The highest BCUT2D eigenvalue weighted by Crippen LogP contribution is 2.43. The number of ether oxygens (including phenoxy) is 1. The molecule has 1 aliphatic heterocycles. The minimum absolute atomic E-state index is 0.415. The monoisotopic (exact) mass is 463 g/mol. The third kappa shape index (κ3) is 3.72. The molecule has 35 heavy (non-hydrogen) atoms. The van der Waals surface area contributed by atoms with Crippen LogP contribution in [0.3, 0.4) is 0 Å². The van der Waals surface area contributed by atoms with Gasteiger partial charge < -0.3 is 15.0 Å². The molecule has 0 spiro atoms. The molecule has 4 nitrogen and oxygen atoms in total. The maximum atomic E-state index is 6.47. The van der Waals surface area contributed by atoms with Gasteiger partial charge >= 0.3 is 0 Å². The van der Waals surface area contributed by atoms with Crippen molar-refractivity contribution < 1.29 is 4.74 Å². The fourth-order valence-electron chi connectivity index (χ4n) is 5.66. The third-order valence-electron chi connectivity index (χ3n) is 8.02. The summed E-state index contributed by atoms with van der Waals surface area (Å²) < 4.78 is 8.57. The topological polar surface area (TPSA) is 53.1 Å². The van der Waals surface area contributed by atoms with Crippen LogP contribution in [0.15, 0.2) is 67.2 Å². The Morgan fingerprint density at radius 1 is 1.03 bits per heavy atom. The molecule has 6 rings (SSSR count). The van der Waals surface area contributed by atoms with E-state index < -0.39 is 0 Å². The first-order chi connectivity index (χ1) is 16.9. The van der Waals surface area contributed by atoms with E-state index in [0.29, 0.717) is 17.5 Å². The van der Waals surface area contributed by atoms with Crippen molar-refractivity contribution in [3.63, 3.8) is 0 Å². The minimum Gasteiger partial charge on any atom is -0.498 e. The Bertz CT molecular complexity index is 1490. The van der Waals surface area contributed by atoms with Gasteiger partial charge in [-0.2, -0.15) is 0 Å². The van der Waals surface area contributed by atoms with Gasteiger partial charge in [0.2, 0.25) is 0 Å². The molecule has 0 amide bonds. The normalized spacial score (nSPS) is 20.4. The van der Waals surface area contributed by atoms with Crippen LogP contribution in [0.25, 0.3) is 44.2 Å². The summed E-state index contributed by atoms with van der Waals surface area (Å²) in [5.74, 6) is 2.63. The van der Waals surface area contributed by atoms with Crippen molar-refractivity contribution in [2.75, 3.05) is 6.61 Å². The van der Waals surface area contributed by atoms with Crippen LogP contribution in [0.2, 0.25) is 0 Å². The van der Waals surface area contributed by atoms with Gasteiger partial charge in [0.05, 0.1) is 17.9 Å². The molecule has 0 bridgehead atoms. The van der Waals surface area contributed by atoms with E-state index in [9.17, 15) is 0 Å². The highest BCUT2D eigenvalue weighted by molar-refractivity contribution is 6.13. The van der Waals surface area contributed by atoms with Crippen LogP contribution in [-0.4, -0.2) is 16.2 Å². The molecule has 178 valence electrons. The van der Waals surface area contributed by atoms with E-state index in [2.05, 4.69) is 79.4 Å². The van der Waals surface area contributed by atoms with E-state index in [-0.39, 0.29) is 0 Å². The SMILES string of the molecule is C=C(N)c1cc(C2=C(C)OCC(C)C2C)cc2c3ccc(-c4ccncc4)cc3n(CC3CC3)c12. The van der Waals surface area contributed by atoms with Crippen LogP contribution in [0.5, 0.6) is 0 Å². The van der Waals surface area contributed by atoms with E-state index in [1.54, 1.807) is 0 Å². The molecule has 2 atom stereocenters. The van der Waals surface area contributed by atoms with Crippen LogP contribution in [0, 0.1) is 17.8 Å². The molecular formula is C31H33N3O. The fourth-order valence-corrected chi connectivity index (χ4v) is 5.66. The predicted molar refractivity (Wildman–Crippen MR) is 145 cm³/mol. The Morgan fingerprint density at radius 3 is 2.51 bits per heavy atom. The van der Waals surface area contributed by atoms with E-state index in [4.69, 9.17) is 10.5 Å². The first kappa shape index (κ1) is 22.0. The second-order valence-corrected chi connectivity index (χ2v) is 10.5. The lowest BCUT2D eigenvalue weighted by Gasteiger charge is -2.31. The van der Waals surface area contributed by atoms with Gasteiger partial charge in [0.15, 0.2) is 0 Å². The predicted octanol–water partition coefficient (Wildman–Crippen LogP) is 7.23. The van der Waals surface area contributed by atoms with Gasteiger partial charge in [-0.1, -0.05) is 32.6 Å². The quantitative estimate of drug-likeness (QED) is 0.340.